The SMILES string of the molecule is CC[C@@H](C)N(Cc1c(-c2ccccc2)noc1N(C)C(C)C)C(C)=O. The minimum Gasteiger partial charge on any atom is -0.341 e. The van der Waals surface area contributed by atoms with Crippen LogP contribution in [0.15, 0.2) is 34.9 Å². The van der Waals surface area contributed by atoms with Gasteiger partial charge in [0.05, 0.1) is 12.1 Å². The van der Waals surface area contributed by atoms with Crippen LogP contribution in [0.5, 0.6) is 0 Å². The van der Waals surface area contributed by atoms with Crippen molar-refractivity contribution in [3.8, 4) is 11.3 Å². The fourth-order valence-electron chi connectivity index (χ4n) is 2.75. The summed E-state index contributed by atoms with van der Waals surface area (Å²) in [6, 6.07) is 10.4. The Morgan fingerprint density at radius 2 is 1.84 bits per heavy atom. The zero-order valence-corrected chi connectivity index (χ0v) is 16.1. The number of benzene rings is 1. The zero-order valence-electron chi connectivity index (χ0n) is 16.1. The predicted octanol–water partition coefficient (Wildman–Crippen LogP) is 4.33. The van der Waals surface area contributed by atoms with Gasteiger partial charge in [0, 0.05) is 31.6 Å². The Kier molecular flexibility index (Phi) is 6.23. The molecule has 0 fully saturated rings. The lowest BCUT2D eigenvalue weighted by Crippen LogP contribution is -2.37. The average Bonchev–Trinajstić information content (AvgIpc) is 3.02. The van der Waals surface area contributed by atoms with Crippen molar-refractivity contribution >= 4 is 11.8 Å². The van der Waals surface area contributed by atoms with Crippen LogP contribution in [-0.4, -0.2) is 35.1 Å². The molecule has 5 nitrogen and oxygen atoms in total. The quantitative estimate of drug-likeness (QED) is 0.751. The van der Waals surface area contributed by atoms with Crippen LogP contribution in [0, 0.1) is 0 Å². The van der Waals surface area contributed by atoms with Gasteiger partial charge < -0.3 is 14.3 Å². The maximum atomic E-state index is 12.2. The molecule has 0 spiro atoms. The Morgan fingerprint density at radius 3 is 2.36 bits per heavy atom. The monoisotopic (exact) mass is 343 g/mol. The van der Waals surface area contributed by atoms with Crippen LogP contribution < -0.4 is 4.90 Å². The second-order valence-electron chi connectivity index (χ2n) is 6.79. The molecule has 0 unspecified atom stereocenters. The van der Waals surface area contributed by atoms with Gasteiger partial charge in [-0.05, 0) is 27.2 Å². The molecule has 25 heavy (non-hydrogen) atoms. The van der Waals surface area contributed by atoms with E-state index in [1.165, 1.54) is 0 Å². The van der Waals surface area contributed by atoms with E-state index in [1.807, 2.05) is 42.3 Å². The number of aromatic nitrogens is 1. The van der Waals surface area contributed by atoms with Crippen molar-refractivity contribution in [1.82, 2.24) is 10.1 Å². The third-order valence-electron chi connectivity index (χ3n) is 4.77. The second-order valence-corrected chi connectivity index (χ2v) is 6.79. The number of hydrogen-bond donors (Lipinski definition) is 0. The summed E-state index contributed by atoms with van der Waals surface area (Å²) in [5.74, 6) is 0.788. The number of carbonyl (C=O) groups is 1. The normalized spacial score (nSPS) is 12.3. The fraction of sp³-hybridized carbons (Fsp3) is 0.500. The minimum atomic E-state index is 0.0627. The summed E-state index contributed by atoms with van der Waals surface area (Å²) in [5, 5.41) is 4.33. The van der Waals surface area contributed by atoms with E-state index < -0.39 is 0 Å². The Bertz CT molecular complexity index is 694. The number of amides is 1. The molecule has 2 rings (SSSR count). The van der Waals surface area contributed by atoms with Crippen LogP contribution in [0.25, 0.3) is 11.3 Å². The van der Waals surface area contributed by atoms with E-state index in [4.69, 9.17) is 4.52 Å². The molecule has 1 aromatic heterocycles. The summed E-state index contributed by atoms with van der Waals surface area (Å²) < 4.78 is 5.71. The molecule has 0 saturated carbocycles. The molecule has 0 aliphatic carbocycles. The Balaban J connectivity index is 2.51. The molecule has 0 saturated heterocycles. The number of carbonyl (C=O) groups excluding carboxylic acids is 1. The first kappa shape index (κ1) is 19.0. The molecule has 1 heterocycles. The van der Waals surface area contributed by atoms with Crippen LogP contribution in [0.1, 0.15) is 46.6 Å². The van der Waals surface area contributed by atoms with E-state index in [0.717, 1.165) is 29.1 Å². The first-order chi connectivity index (χ1) is 11.9. The van der Waals surface area contributed by atoms with Gasteiger partial charge in [0.25, 0.3) is 0 Å². The smallest absolute Gasteiger partial charge is 0.232 e. The lowest BCUT2D eigenvalue weighted by atomic mass is 10.1. The van der Waals surface area contributed by atoms with Crippen molar-refractivity contribution in [2.24, 2.45) is 0 Å². The summed E-state index contributed by atoms with van der Waals surface area (Å²) in [6.45, 7) is 10.5. The zero-order chi connectivity index (χ0) is 18.6. The van der Waals surface area contributed by atoms with Gasteiger partial charge in [-0.25, -0.2) is 0 Å². The highest BCUT2D eigenvalue weighted by Crippen LogP contribution is 2.33. The van der Waals surface area contributed by atoms with E-state index in [-0.39, 0.29) is 18.0 Å². The van der Waals surface area contributed by atoms with E-state index >= 15 is 0 Å². The molecule has 0 aliphatic heterocycles. The van der Waals surface area contributed by atoms with Gasteiger partial charge >= 0.3 is 0 Å². The second kappa shape index (κ2) is 8.19. The van der Waals surface area contributed by atoms with E-state index in [0.29, 0.717) is 6.54 Å². The molecule has 0 N–H and O–H groups in total. The van der Waals surface area contributed by atoms with Crippen molar-refractivity contribution in [3.63, 3.8) is 0 Å². The van der Waals surface area contributed by atoms with Crippen LogP contribution in [-0.2, 0) is 11.3 Å². The molecule has 2 aromatic rings. The van der Waals surface area contributed by atoms with Crippen LogP contribution in [0.3, 0.4) is 0 Å². The number of rotatable bonds is 7. The van der Waals surface area contributed by atoms with Gasteiger partial charge in [-0.2, -0.15) is 0 Å². The molecule has 136 valence electrons. The lowest BCUT2D eigenvalue weighted by Gasteiger charge is -2.29. The first-order valence-electron chi connectivity index (χ1n) is 8.90. The van der Waals surface area contributed by atoms with Crippen molar-refractivity contribution in [2.75, 3.05) is 11.9 Å². The molecular formula is C20H29N3O2. The van der Waals surface area contributed by atoms with Gasteiger partial charge in [-0.15, -0.1) is 0 Å². The summed E-state index contributed by atoms with van der Waals surface area (Å²) in [4.78, 5) is 16.1. The first-order valence-corrected chi connectivity index (χ1v) is 8.90. The van der Waals surface area contributed by atoms with Crippen molar-refractivity contribution in [3.05, 3.63) is 35.9 Å². The maximum Gasteiger partial charge on any atom is 0.232 e. The van der Waals surface area contributed by atoms with Gasteiger partial charge in [0.2, 0.25) is 11.8 Å². The molecule has 1 aromatic carbocycles. The molecular weight excluding hydrogens is 314 g/mol. The molecule has 1 atom stereocenters. The minimum absolute atomic E-state index is 0.0627. The highest BCUT2D eigenvalue weighted by molar-refractivity contribution is 5.75. The average molecular weight is 343 g/mol. The van der Waals surface area contributed by atoms with Gasteiger partial charge in [0.15, 0.2) is 0 Å². The molecule has 0 aliphatic rings. The largest absolute Gasteiger partial charge is 0.341 e. The summed E-state index contributed by atoms with van der Waals surface area (Å²) in [6.07, 6.45) is 0.904. The van der Waals surface area contributed by atoms with Crippen molar-refractivity contribution in [2.45, 2.75) is 59.7 Å². The fourth-order valence-corrected chi connectivity index (χ4v) is 2.75. The van der Waals surface area contributed by atoms with Crippen LogP contribution >= 0.6 is 0 Å². The topological polar surface area (TPSA) is 49.6 Å². The Labute approximate surface area is 150 Å². The maximum absolute atomic E-state index is 12.2. The summed E-state index contributed by atoms with van der Waals surface area (Å²) >= 11 is 0. The summed E-state index contributed by atoms with van der Waals surface area (Å²) in [5.41, 5.74) is 2.76. The van der Waals surface area contributed by atoms with Gasteiger partial charge in [-0.3, -0.25) is 4.79 Å². The third-order valence-corrected chi connectivity index (χ3v) is 4.77. The van der Waals surface area contributed by atoms with E-state index in [2.05, 4.69) is 37.8 Å². The number of hydrogen-bond acceptors (Lipinski definition) is 4. The van der Waals surface area contributed by atoms with Gasteiger partial charge in [0.1, 0.15) is 5.69 Å². The van der Waals surface area contributed by atoms with Gasteiger partial charge in [-0.1, -0.05) is 42.4 Å². The summed E-state index contributed by atoms with van der Waals surface area (Å²) in [7, 11) is 1.99. The number of nitrogens with zero attached hydrogens (tertiary/aromatic N) is 3. The van der Waals surface area contributed by atoms with E-state index in [9.17, 15) is 4.79 Å². The Morgan fingerprint density at radius 1 is 1.20 bits per heavy atom. The van der Waals surface area contributed by atoms with Crippen LogP contribution in [0.4, 0.5) is 5.88 Å². The van der Waals surface area contributed by atoms with Crippen LogP contribution in [0.2, 0.25) is 0 Å². The highest BCUT2D eigenvalue weighted by Gasteiger charge is 2.26. The lowest BCUT2D eigenvalue weighted by molar-refractivity contribution is -0.131. The highest BCUT2D eigenvalue weighted by atomic mass is 16.5. The molecule has 5 heteroatoms. The predicted molar refractivity (Wildman–Crippen MR) is 101 cm³/mol. The molecule has 1 amide bonds. The third kappa shape index (κ3) is 4.21. The molecule has 0 radical (unpaired) electrons. The number of anilines is 1. The van der Waals surface area contributed by atoms with Crippen molar-refractivity contribution in [1.29, 1.82) is 0 Å². The molecule has 0 bridgehead atoms. The van der Waals surface area contributed by atoms with E-state index in [1.54, 1.807) is 6.92 Å². The Hall–Kier alpha value is -2.30. The van der Waals surface area contributed by atoms with Crippen molar-refractivity contribution < 1.29 is 9.32 Å². The standard InChI is InChI=1S/C20H29N3O2/c1-7-15(4)23(16(5)24)13-18-19(17-11-9-8-10-12-17)21-25-20(18)22(6)14(2)3/h8-12,14-15H,7,13H2,1-6H3/t15-/m1/s1.